The Morgan fingerprint density at radius 1 is 1.15 bits per heavy atom. The highest BCUT2D eigenvalue weighted by Crippen LogP contribution is 2.40. The number of hydrogen-bond donors (Lipinski definition) is 2. The van der Waals surface area contributed by atoms with E-state index < -0.39 is 5.97 Å². The van der Waals surface area contributed by atoms with Crippen molar-refractivity contribution < 1.29 is 19.1 Å². The number of anilines is 1. The molecule has 0 radical (unpaired) electrons. The average molecular weight is 455 g/mol. The number of rotatable bonds is 8. The fraction of sp³-hybridized carbons (Fsp3) is 0.556. The number of aryl methyl sites for hydroxylation is 1. The first kappa shape index (κ1) is 24.9. The molecular weight excluding hydrogens is 416 g/mol. The van der Waals surface area contributed by atoms with Crippen LogP contribution >= 0.6 is 0 Å². The van der Waals surface area contributed by atoms with Crippen LogP contribution in [0.15, 0.2) is 34.7 Å². The van der Waals surface area contributed by atoms with Crippen molar-refractivity contribution in [2.24, 2.45) is 5.92 Å². The molecule has 1 atom stereocenters. The fourth-order valence-electron chi connectivity index (χ4n) is 4.57. The zero-order valence-electron chi connectivity index (χ0n) is 20.6. The van der Waals surface area contributed by atoms with E-state index in [1.54, 1.807) is 7.05 Å². The third-order valence-electron chi connectivity index (χ3n) is 6.61. The number of carboxylic acids is 1. The number of nitrogens with one attached hydrogen (secondary N) is 1. The van der Waals surface area contributed by atoms with Crippen LogP contribution in [0.3, 0.4) is 0 Å². The van der Waals surface area contributed by atoms with Crippen molar-refractivity contribution in [3.63, 3.8) is 0 Å². The molecular formula is C27H38N2O4. The van der Waals surface area contributed by atoms with Crippen LogP contribution < -0.4 is 5.32 Å². The van der Waals surface area contributed by atoms with E-state index >= 15 is 0 Å². The molecule has 33 heavy (non-hydrogen) atoms. The first-order chi connectivity index (χ1) is 15.6. The zero-order chi connectivity index (χ0) is 24.2. The summed E-state index contributed by atoms with van der Waals surface area (Å²) in [6, 6.07) is 9.87. The lowest BCUT2D eigenvalue weighted by molar-refractivity contribution is -0.137. The zero-order valence-corrected chi connectivity index (χ0v) is 20.6. The molecule has 1 aromatic heterocycles. The lowest BCUT2D eigenvalue weighted by atomic mass is 9.80. The van der Waals surface area contributed by atoms with Crippen LogP contribution in [-0.4, -0.2) is 35.5 Å². The molecule has 0 aliphatic heterocycles. The van der Waals surface area contributed by atoms with Gasteiger partial charge in [0.15, 0.2) is 0 Å². The van der Waals surface area contributed by atoms with Gasteiger partial charge in [0.1, 0.15) is 11.5 Å². The second-order valence-electron chi connectivity index (χ2n) is 10.3. The Hall–Kier alpha value is -2.76. The second kappa shape index (κ2) is 10.4. The smallest absolute Gasteiger partial charge is 0.305 e. The van der Waals surface area contributed by atoms with Gasteiger partial charge in [0.25, 0.3) is 5.91 Å². The van der Waals surface area contributed by atoms with Gasteiger partial charge in [0.05, 0.1) is 12.5 Å². The van der Waals surface area contributed by atoms with Gasteiger partial charge in [-0.2, -0.15) is 0 Å². The molecule has 0 spiro atoms. The number of nitrogens with zero attached hydrogens (tertiary/aromatic N) is 1. The van der Waals surface area contributed by atoms with E-state index in [9.17, 15) is 9.59 Å². The van der Waals surface area contributed by atoms with Crippen LogP contribution in [0.5, 0.6) is 0 Å². The van der Waals surface area contributed by atoms with Gasteiger partial charge >= 0.3 is 5.97 Å². The van der Waals surface area contributed by atoms with E-state index in [1.807, 2.05) is 24.3 Å². The topological polar surface area (TPSA) is 82.8 Å². The average Bonchev–Trinajstić information content (AvgIpc) is 3.18. The summed E-state index contributed by atoms with van der Waals surface area (Å²) in [7, 11) is 1.63. The summed E-state index contributed by atoms with van der Waals surface area (Å²) in [5.74, 6) is 1.42. The number of furan rings is 1. The highest BCUT2D eigenvalue weighted by atomic mass is 16.4. The van der Waals surface area contributed by atoms with Crippen molar-refractivity contribution >= 4 is 17.6 Å². The van der Waals surface area contributed by atoms with E-state index in [4.69, 9.17) is 9.52 Å². The molecule has 3 rings (SSSR count). The van der Waals surface area contributed by atoms with Crippen molar-refractivity contribution in [2.75, 3.05) is 18.9 Å². The molecule has 1 saturated carbocycles. The van der Waals surface area contributed by atoms with Gasteiger partial charge in [-0.15, -0.1) is 0 Å². The Kier molecular flexibility index (Phi) is 7.88. The molecule has 2 aromatic rings. The molecule has 6 nitrogen and oxygen atoms in total. The standard InChI is InChI=1S/C27H38N2O4/c1-18-22(17-23(33-18)27(2,3)4)25(19-9-7-6-8-10-19)28-21-13-11-20(12-14-21)26(32)29(5)16-15-24(30)31/h11-14,17,19,25,28H,6-10,15-16H2,1-5H3,(H,30,31). The molecule has 1 heterocycles. The first-order valence-electron chi connectivity index (χ1n) is 12.0. The molecule has 1 aliphatic carbocycles. The molecule has 1 unspecified atom stereocenters. The predicted octanol–water partition coefficient (Wildman–Crippen LogP) is 6.17. The molecule has 2 N–H and O–H groups in total. The Morgan fingerprint density at radius 2 is 1.79 bits per heavy atom. The fourth-order valence-corrected chi connectivity index (χ4v) is 4.57. The van der Waals surface area contributed by atoms with Gasteiger partial charge in [-0.25, -0.2) is 0 Å². The van der Waals surface area contributed by atoms with Gasteiger partial charge in [0, 0.05) is 35.8 Å². The molecule has 1 aromatic carbocycles. The van der Waals surface area contributed by atoms with E-state index in [0.29, 0.717) is 11.5 Å². The minimum Gasteiger partial charge on any atom is -0.481 e. The summed E-state index contributed by atoms with van der Waals surface area (Å²) < 4.78 is 6.17. The normalized spacial score (nSPS) is 15.8. The summed E-state index contributed by atoms with van der Waals surface area (Å²) in [4.78, 5) is 24.8. The van der Waals surface area contributed by atoms with Crippen molar-refractivity contribution in [1.82, 2.24) is 4.90 Å². The SMILES string of the molecule is Cc1oc(C(C)(C)C)cc1C(Nc1ccc(C(=O)N(C)CCC(=O)O)cc1)C1CCCCC1. The van der Waals surface area contributed by atoms with Gasteiger partial charge < -0.3 is 19.7 Å². The van der Waals surface area contributed by atoms with E-state index in [0.717, 1.165) is 17.2 Å². The number of carbonyl (C=O) groups excluding carboxylic acids is 1. The van der Waals surface area contributed by atoms with Crippen LogP contribution in [0, 0.1) is 12.8 Å². The summed E-state index contributed by atoms with van der Waals surface area (Å²) >= 11 is 0. The van der Waals surface area contributed by atoms with Crippen molar-refractivity contribution in [3.8, 4) is 0 Å². The van der Waals surface area contributed by atoms with Gasteiger partial charge in [-0.3, -0.25) is 9.59 Å². The number of benzene rings is 1. The number of hydrogen-bond acceptors (Lipinski definition) is 4. The Morgan fingerprint density at radius 3 is 2.33 bits per heavy atom. The molecule has 180 valence electrons. The predicted molar refractivity (Wildman–Crippen MR) is 131 cm³/mol. The van der Waals surface area contributed by atoms with Crippen LogP contribution in [-0.2, 0) is 10.2 Å². The van der Waals surface area contributed by atoms with E-state index in [-0.39, 0.29) is 30.3 Å². The van der Waals surface area contributed by atoms with E-state index in [1.165, 1.54) is 42.6 Å². The van der Waals surface area contributed by atoms with Crippen molar-refractivity contribution in [3.05, 3.63) is 53.0 Å². The number of carboxylic acid groups (broad SMARTS) is 1. The highest BCUT2D eigenvalue weighted by Gasteiger charge is 2.30. The number of amides is 1. The monoisotopic (exact) mass is 454 g/mol. The molecule has 0 bridgehead atoms. The van der Waals surface area contributed by atoms with Gasteiger partial charge in [-0.05, 0) is 56.0 Å². The van der Waals surface area contributed by atoms with Crippen molar-refractivity contribution in [1.29, 1.82) is 0 Å². The molecule has 1 amide bonds. The minimum atomic E-state index is -0.910. The molecule has 1 aliphatic rings. The van der Waals surface area contributed by atoms with Gasteiger partial charge in [-0.1, -0.05) is 40.0 Å². The summed E-state index contributed by atoms with van der Waals surface area (Å²) in [5, 5.41) is 12.6. The quantitative estimate of drug-likeness (QED) is 0.499. The third-order valence-corrected chi connectivity index (χ3v) is 6.61. The van der Waals surface area contributed by atoms with E-state index in [2.05, 4.69) is 39.1 Å². The lowest BCUT2D eigenvalue weighted by Gasteiger charge is -2.31. The maximum absolute atomic E-state index is 12.6. The Labute approximate surface area is 197 Å². The minimum absolute atomic E-state index is 0.0468. The van der Waals surface area contributed by atoms with Crippen LogP contribution in [0.4, 0.5) is 5.69 Å². The van der Waals surface area contributed by atoms with Crippen LogP contribution in [0.25, 0.3) is 0 Å². The summed E-state index contributed by atoms with van der Waals surface area (Å²) in [5.41, 5.74) is 2.69. The molecule has 6 heteroatoms. The molecule has 0 saturated heterocycles. The Balaban J connectivity index is 1.80. The largest absolute Gasteiger partial charge is 0.481 e. The first-order valence-corrected chi connectivity index (χ1v) is 12.0. The number of carbonyl (C=O) groups is 2. The van der Waals surface area contributed by atoms with Gasteiger partial charge in [0.2, 0.25) is 0 Å². The van der Waals surface area contributed by atoms with Crippen molar-refractivity contribution in [2.45, 2.75) is 77.7 Å². The maximum atomic E-state index is 12.6. The maximum Gasteiger partial charge on any atom is 0.305 e. The Bertz CT molecular complexity index is 949. The summed E-state index contributed by atoms with van der Waals surface area (Å²) in [6.07, 6.45) is 6.12. The summed E-state index contributed by atoms with van der Waals surface area (Å²) in [6.45, 7) is 8.74. The van der Waals surface area contributed by atoms with Crippen LogP contribution in [0.1, 0.15) is 92.8 Å². The highest BCUT2D eigenvalue weighted by molar-refractivity contribution is 5.94. The van der Waals surface area contributed by atoms with Crippen LogP contribution in [0.2, 0.25) is 0 Å². The number of aliphatic carboxylic acids is 1. The lowest BCUT2D eigenvalue weighted by Crippen LogP contribution is -2.29. The molecule has 1 fully saturated rings. The second-order valence-corrected chi connectivity index (χ2v) is 10.3. The third kappa shape index (κ3) is 6.40.